The van der Waals surface area contributed by atoms with Gasteiger partial charge in [0.1, 0.15) is 17.0 Å². The molecule has 2 N–H and O–H groups in total. The maximum atomic E-state index is 13.0. The number of hydrogen-bond acceptors (Lipinski definition) is 8. The van der Waals surface area contributed by atoms with Gasteiger partial charge in [0, 0.05) is 30.1 Å². The van der Waals surface area contributed by atoms with Gasteiger partial charge in [-0.15, -0.1) is 11.3 Å². The van der Waals surface area contributed by atoms with Crippen molar-refractivity contribution in [3.8, 4) is 5.75 Å². The Balaban J connectivity index is 1.48. The van der Waals surface area contributed by atoms with Crippen LogP contribution in [0.25, 0.3) is 15.7 Å². The molecule has 1 aliphatic rings. The maximum Gasteiger partial charge on any atom is 0.226 e. The maximum absolute atomic E-state index is 13.0. The highest BCUT2D eigenvalue weighted by atomic mass is 32.1. The van der Waals surface area contributed by atoms with Gasteiger partial charge in [-0.2, -0.15) is 5.10 Å². The molecule has 0 saturated heterocycles. The molecule has 0 unspecified atom stereocenters. The average molecular weight is 467 g/mol. The second kappa shape index (κ2) is 8.95. The van der Waals surface area contributed by atoms with E-state index in [9.17, 15) is 9.90 Å². The topological polar surface area (TPSA) is 105 Å². The van der Waals surface area contributed by atoms with Crippen molar-refractivity contribution in [3.63, 3.8) is 0 Å². The number of hydrogen-bond donors (Lipinski definition) is 2. The Morgan fingerprint density at radius 1 is 1.42 bits per heavy atom. The normalized spacial score (nSPS) is 15.5. The molecular weight excluding hydrogens is 440 g/mol. The minimum atomic E-state index is -0.0641. The van der Waals surface area contributed by atoms with Crippen molar-refractivity contribution in [1.82, 2.24) is 24.5 Å². The van der Waals surface area contributed by atoms with Gasteiger partial charge < -0.3 is 20.1 Å². The van der Waals surface area contributed by atoms with Gasteiger partial charge in [-0.1, -0.05) is 0 Å². The van der Waals surface area contributed by atoms with Gasteiger partial charge in [0.2, 0.25) is 5.91 Å². The number of aromatic nitrogens is 4. The highest BCUT2D eigenvalue weighted by molar-refractivity contribution is 7.19. The molecule has 0 saturated carbocycles. The molecule has 0 bridgehead atoms. The first-order valence-corrected chi connectivity index (χ1v) is 11.9. The molecule has 5 rings (SSSR count). The molecule has 0 fully saturated rings. The molecule has 1 atom stereocenters. The lowest BCUT2D eigenvalue weighted by Gasteiger charge is -2.28. The summed E-state index contributed by atoms with van der Waals surface area (Å²) in [4.78, 5) is 25.9. The van der Waals surface area contributed by atoms with Crippen LogP contribution >= 0.6 is 11.3 Å². The van der Waals surface area contributed by atoms with Crippen LogP contribution in [0.2, 0.25) is 0 Å². The number of amides is 1. The number of likely N-dealkylation sites (N-methyl/N-ethyl adjacent to an activating group) is 1. The van der Waals surface area contributed by atoms with E-state index in [2.05, 4.69) is 20.4 Å². The fourth-order valence-corrected chi connectivity index (χ4v) is 5.82. The minimum absolute atomic E-state index is 0.0143. The van der Waals surface area contributed by atoms with Crippen LogP contribution in [-0.4, -0.2) is 62.3 Å². The number of ether oxygens (including phenoxy) is 1. The van der Waals surface area contributed by atoms with Gasteiger partial charge in [-0.25, -0.2) is 14.5 Å². The van der Waals surface area contributed by atoms with E-state index >= 15 is 0 Å². The first-order chi connectivity index (χ1) is 16.1. The molecule has 0 spiro atoms. The summed E-state index contributed by atoms with van der Waals surface area (Å²) in [6.07, 6.45) is 7.42. The molecule has 0 aromatic carbocycles. The summed E-state index contributed by atoms with van der Waals surface area (Å²) in [5.74, 6) is 1.46. The molecule has 4 aromatic heterocycles. The highest BCUT2D eigenvalue weighted by Crippen LogP contribution is 2.41. The van der Waals surface area contributed by atoms with E-state index in [0.29, 0.717) is 25.3 Å². The first-order valence-electron chi connectivity index (χ1n) is 11.1. The molecule has 172 valence electrons. The van der Waals surface area contributed by atoms with Crippen molar-refractivity contribution in [2.45, 2.75) is 26.2 Å². The highest BCUT2D eigenvalue weighted by Gasteiger charge is 2.31. The standard InChI is InChI=1S/C23H26N6O3S/c1-3-28(8-9-30)23(31)14-4-5-16-19(10-14)33-22-20(16)21(24-13-25-22)27-17-11-15-6-7-26-29(15)12-18(17)32-2/h6-7,11-14,30H,3-5,8-10H2,1-2H3,(H,24,25,27)/t14-/m0/s1. The summed E-state index contributed by atoms with van der Waals surface area (Å²) >= 11 is 1.64. The summed E-state index contributed by atoms with van der Waals surface area (Å²) in [6, 6.07) is 3.91. The quantitative estimate of drug-likeness (QED) is 0.431. The third kappa shape index (κ3) is 3.89. The smallest absolute Gasteiger partial charge is 0.226 e. The van der Waals surface area contributed by atoms with Crippen molar-refractivity contribution < 1.29 is 14.6 Å². The Bertz CT molecular complexity index is 1320. The van der Waals surface area contributed by atoms with E-state index in [1.54, 1.807) is 40.4 Å². The van der Waals surface area contributed by atoms with E-state index in [-0.39, 0.29) is 18.4 Å². The minimum Gasteiger partial charge on any atom is -0.493 e. The van der Waals surface area contributed by atoms with E-state index < -0.39 is 0 Å². The fourth-order valence-electron chi connectivity index (χ4n) is 4.55. The number of fused-ring (bicyclic) bond motifs is 4. The number of anilines is 2. The number of aryl methyl sites for hydroxylation is 1. The lowest BCUT2D eigenvalue weighted by molar-refractivity contribution is -0.136. The second-order valence-corrected chi connectivity index (χ2v) is 9.15. The van der Waals surface area contributed by atoms with E-state index in [1.165, 1.54) is 10.4 Å². The molecule has 0 aliphatic heterocycles. The largest absolute Gasteiger partial charge is 0.493 e. The van der Waals surface area contributed by atoms with E-state index in [1.807, 2.05) is 25.3 Å². The zero-order valence-electron chi connectivity index (χ0n) is 18.6. The summed E-state index contributed by atoms with van der Waals surface area (Å²) in [7, 11) is 1.63. The lowest BCUT2D eigenvalue weighted by Crippen LogP contribution is -2.39. The number of nitrogens with zero attached hydrogens (tertiary/aromatic N) is 5. The van der Waals surface area contributed by atoms with Crippen LogP contribution in [0, 0.1) is 5.92 Å². The summed E-state index contributed by atoms with van der Waals surface area (Å²) in [6.45, 7) is 2.93. The molecule has 1 amide bonds. The van der Waals surface area contributed by atoms with Crippen LogP contribution in [0.5, 0.6) is 5.75 Å². The molecule has 33 heavy (non-hydrogen) atoms. The van der Waals surface area contributed by atoms with Gasteiger partial charge in [0.25, 0.3) is 0 Å². The van der Waals surface area contributed by atoms with Crippen molar-refractivity contribution in [3.05, 3.63) is 41.3 Å². The lowest BCUT2D eigenvalue weighted by atomic mass is 9.87. The number of rotatable bonds is 7. The number of aliphatic hydroxyl groups excluding tert-OH is 1. The summed E-state index contributed by atoms with van der Waals surface area (Å²) in [5.41, 5.74) is 2.97. The van der Waals surface area contributed by atoms with Crippen LogP contribution in [-0.2, 0) is 17.6 Å². The summed E-state index contributed by atoms with van der Waals surface area (Å²) in [5, 5.41) is 18.0. The average Bonchev–Trinajstić information content (AvgIpc) is 3.45. The first kappa shape index (κ1) is 21.6. The van der Waals surface area contributed by atoms with Gasteiger partial charge in [0.15, 0.2) is 5.75 Å². The number of pyridine rings is 1. The molecule has 9 nitrogen and oxygen atoms in total. The number of methoxy groups -OCH3 is 1. The number of carbonyl (C=O) groups is 1. The van der Waals surface area contributed by atoms with E-state index in [0.717, 1.165) is 40.1 Å². The number of thiophene rings is 1. The fraction of sp³-hybridized carbons (Fsp3) is 0.391. The van der Waals surface area contributed by atoms with Crippen molar-refractivity contribution >= 4 is 44.5 Å². The van der Waals surface area contributed by atoms with Crippen LogP contribution in [0.3, 0.4) is 0 Å². The van der Waals surface area contributed by atoms with Crippen LogP contribution in [0.15, 0.2) is 30.9 Å². The van der Waals surface area contributed by atoms with Crippen molar-refractivity contribution in [2.24, 2.45) is 5.92 Å². The van der Waals surface area contributed by atoms with Crippen LogP contribution in [0.4, 0.5) is 11.5 Å². The SMILES string of the molecule is CCN(CCO)C(=O)[C@H]1CCc2c(sc3ncnc(Nc4cc5ccnn5cc4OC)c23)C1. The zero-order chi connectivity index (χ0) is 22.9. The van der Waals surface area contributed by atoms with Gasteiger partial charge in [-0.3, -0.25) is 4.79 Å². The third-order valence-corrected chi connectivity index (χ3v) is 7.39. The molecule has 10 heteroatoms. The summed E-state index contributed by atoms with van der Waals surface area (Å²) < 4.78 is 7.33. The predicted octanol–water partition coefficient (Wildman–Crippen LogP) is 3.04. The number of nitrogens with one attached hydrogen (secondary N) is 1. The van der Waals surface area contributed by atoms with E-state index in [4.69, 9.17) is 4.74 Å². The van der Waals surface area contributed by atoms with Crippen molar-refractivity contribution in [1.29, 1.82) is 0 Å². The Hall–Kier alpha value is -3.24. The Morgan fingerprint density at radius 2 is 2.30 bits per heavy atom. The Labute approximate surface area is 195 Å². The molecular formula is C23H26N6O3S. The van der Waals surface area contributed by atoms with Crippen LogP contribution < -0.4 is 10.1 Å². The van der Waals surface area contributed by atoms with Gasteiger partial charge >= 0.3 is 0 Å². The molecule has 4 aromatic rings. The molecule has 4 heterocycles. The number of aliphatic hydroxyl groups is 1. The van der Waals surface area contributed by atoms with Gasteiger partial charge in [-0.05, 0) is 43.9 Å². The monoisotopic (exact) mass is 466 g/mol. The number of carbonyl (C=O) groups excluding carboxylic acids is 1. The van der Waals surface area contributed by atoms with Gasteiger partial charge in [0.05, 0.1) is 36.5 Å². The van der Waals surface area contributed by atoms with Crippen molar-refractivity contribution in [2.75, 3.05) is 32.1 Å². The predicted molar refractivity (Wildman–Crippen MR) is 127 cm³/mol. The Morgan fingerprint density at radius 3 is 3.09 bits per heavy atom. The third-order valence-electron chi connectivity index (χ3n) is 6.23. The molecule has 1 aliphatic carbocycles. The Kier molecular flexibility index (Phi) is 5.86. The van der Waals surface area contributed by atoms with Crippen LogP contribution in [0.1, 0.15) is 23.8 Å². The molecule has 0 radical (unpaired) electrons. The zero-order valence-corrected chi connectivity index (χ0v) is 19.4. The second-order valence-electron chi connectivity index (χ2n) is 8.07.